The van der Waals surface area contributed by atoms with Crippen molar-refractivity contribution in [2.24, 2.45) is 5.92 Å². The van der Waals surface area contributed by atoms with Gasteiger partial charge in [0.05, 0.1) is 30.0 Å². The first kappa shape index (κ1) is 26.6. The van der Waals surface area contributed by atoms with Gasteiger partial charge < -0.3 is 20.1 Å². The molecule has 2 heterocycles. The van der Waals surface area contributed by atoms with Crippen molar-refractivity contribution in [2.45, 2.75) is 32.2 Å². The number of carbonyl (C=O) groups is 1. The highest BCUT2D eigenvalue weighted by molar-refractivity contribution is 5.90. The number of halogens is 2. The van der Waals surface area contributed by atoms with Crippen LogP contribution >= 0.6 is 0 Å². The Morgan fingerprint density at radius 1 is 1.24 bits per heavy atom. The van der Waals surface area contributed by atoms with Crippen molar-refractivity contribution in [3.63, 3.8) is 0 Å². The lowest BCUT2D eigenvalue weighted by atomic mass is 9.74. The van der Waals surface area contributed by atoms with Crippen molar-refractivity contribution >= 4 is 11.8 Å². The minimum absolute atomic E-state index is 0.157. The SMILES string of the molecule is CCOc1nn(-c2ccccc2)c(NC(=O)N[C@@]2(C(C)COC)CNC[C@H]2c2ccc(F)c(F)c2)c1C. The number of hydrogen-bond acceptors (Lipinski definition) is 5. The van der Waals surface area contributed by atoms with E-state index in [9.17, 15) is 13.6 Å². The summed E-state index contributed by atoms with van der Waals surface area (Å²) in [5, 5.41) is 14.0. The van der Waals surface area contributed by atoms with Crippen LogP contribution in [0.5, 0.6) is 5.88 Å². The van der Waals surface area contributed by atoms with Crippen LogP contribution in [0.1, 0.15) is 30.9 Å². The average molecular weight is 514 g/mol. The largest absolute Gasteiger partial charge is 0.477 e. The Labute approximate surface area is 215 Å². The summed E-state index contributed by atoms with van der Waals surface area (Å²) in [6.07, 6.45) is 0. The number of urea groups is 1. The summed E-state index contributed by atoms with van der Waals surface area (Å²) in [6.45, 7) is 7.36. The zero-order chi connectivity index (χ0) is 26.6. The molecule has 0 spiro atoms. The monoisotopic (exact) mass is 513 g/mol. The number of anilines is 1. The van der Waals surface area contributed by atoms with Gasteiger partial charge in [0.1, 0.15) is 5.82 Å². The zero-order valence-electron chi connectivity index (χ0n) is 21.5. The van der Waals surface area contributed by atoms with Gasteiger partial charge in [0.2, 0.25) is 5.88 Å². The molecule has 1 fully saturated rings. The van der Waals surface area contributed by atoms with E-state index in [-0.39, 0.29) is 11.8 Å². The van der Waals surface area contributed by atoms with Crippen LogP contribution in [0.3, 0.4) is 0 Å². The lowest BCUT2D eigenvalue weighted by Gasteiger charge is -2.41. The second kappa shape index (κ2) is 11.3. The van der Waals surface area contributed by atoms with Crippen LogP contribution in [0.15, 0.2) is 48.5 Å². The average Bonchev–Trinajstić information content (AvgIpc) is 3.44. The van der Waals surface area contributed by atoms with Gasteiger partial charge in [0, 0.05) is 32.0 Å². The Morgan fingerprint density at radius 3 is 2.68 bits per heavy atom. The number of nitrogens with one attached hydrogen (secondary N) is 3. The molecule has 3 atom stereocenters. The molecule has 8 nitrogen and oxygen atoms in total. The summed E-state index contributed by atoms with van der Waals surface area (Å²) in [5.41, 5.74) is 1.20. The number of carbonyl (C=O) groups excluding carboxylic acids is 1. The van der Waals surface area contributed by atoms with Crippen LogP contribution < -0.4 is 20.7 Å². The van der Waals surface area contributed by atoms with Gasteiger partial charge in [-0.05, 0) is 43.7 Å². The van der Waals surface area contributed by atoms with E-state index in [1.54, 1.807) is 17.9 Å². The van der Waals surface area contributed by atoms with Crippen molar-refractivity contribution in [1.82, 2.24) is 20.4 Å². The maximum absolute atomic E-state index is 14.2. The van der Waals surface area contributed by atoms with Gasteiger partial charge in [0.15, 0.2) is 11.6 Å². The fourth-order valence-corrected chi connectivity index (χ4v) is 5.05. The smallest absolute Gasteiger partial charge is 0.320 e. The fourth-order valence-electron chi connectivity index (χ4n) is 5.05. The molecule has 0 aliphatic carbocycles. The van der Waals surface area contributed by atoms with E-state index in [1.165, 1.54) is 6.07 Å². The Balaban J connectivity index is 1.68. The molecule has 10 heteroatoms. The highest BCUT2D eigenvalue weighted by atomic mass is 19.2. The third-order valence-corrected chi connectivity index (χ3v) is 6.97. The van der Waals surface area contributed by atoms with Crippen molar-refractivity contribution in [1.29, 1.82) is 0 Å². The molecule has 0 saturated carbocycles. The van der Waals surface area contributed by atoms with Crippen LogP contribution in [-0.4, -0.2) is 54.8 Å². The van der Waals surface area contributed by atoms with Crippen LogP contribution in [0.2, 0.25) is 0 Å². The molecular formula is C27H33F2N5O3. The standard InChI is InChI=1S/C27H33F2N5O3/c1-5-37-25-18(3)24(34(33-25)20-9-7-6-8-10-20)31-26(35)32-27(17(2)15-36-4)16-30-14-21(27)19-11-12-22(28)23(29)13-19/h6-13,17,21,30H,5,14-16H2,1-4H3,(H2,31,32,35)/t17?,21-,27+/m0/s1. The highest BCUT2D eigenvalue weighted by Crippen LogP contribution is 2.38. The number of ether oxygens (including phenoxy) is 2. The molecule has 37 heavy (non-hydrogen) atoms. The van der Waals surface area contributed by atoms with Gasteiger partial charge >= 0.3 is 6.03 Å². The molecule has 1 aliphatic heterocycles. The Kier molecular flexibility index (Phi) is 8.09. The molecule has 2 amide bonds. The van der Waals surface area contributed by atoms with Gasteiger partial charge in [0.25, 0.3) is 0 Å². The summed E-state index contributed by atoms with van der Waals surface area (Å²) in [5.74, 6) is -1.42. The molecule has 1 unspecified atom stereocenters. The summed E-state index contributed by atoms with van der Waals surface area (Å²) in [6, 6.07) is 12.9. The van der Waals surface area contributed by atoms with E-state index >= 15 is 0 Å². The number of aromatic nitrogens is 2. The summed E-state index contributed by atoms with van der Waals surface area (Å²) in [4.78, 5) is 13.6. The topological polar surface area (TPSA) is 89.4 Å². The van der Waals surface area contributed by atoms with E-state index in [4.69, 9.17) is 9.47 Å². The van der Waals surface area contributed by atoms with E-state index in [1.807, 2.05) is 51.1 Å². The minimum atomic E-state index is -0.923. The molecule has 198 valence electrons. The first-order valence-corrected chi connectivity index (χ1v) is 12.3. The highest BCUT2D eigenvalue weighted by Gasteiger charge is 2.49. The molecule has 3 N–H and O–H groups in total. The molecule has 4 rings (SSSR count). The molecule has 0 radical (unpaired) electrons. The summed E-state index contributed by atoms with van der Waals surface area (Å²) in [7, 11) is 1.59. The van der Waals surface area contributed by atoms with E-state index < -0.39 is 23.2 Å². The number of para-hydroxylation sites is 1. The maximum Gasteiger partial charge on any atom is 0.320 e. The lowest BCUT2D eigenvalue weighted by molar-refractivity contribution is 0.101. The normalized spacial score (nSPS) is 20.0. The van der Waals surface area contributed by atoms with Gasteiger partial charge in [-0.15, -0.1) is 5.10 Å². The number of hydrogen-bond donors (Lipinski definition) is 3. The predicted molar refractivity (Wildman–Crippen MR) is 137 cm³/mol. The second-order valence-electron chi connectivity index (χ2n) is 9.29. The molecule has 1 aliphatic rings. The number of amides is 2. The fraction of sp³-hybridized carbons (Fsp3) is 0.407. The number of benzene rings is 2. The maximum atomic E-state index is 14.2. The predicted octanol–water partition coefficient (Wildman–Crippen LogP) is 4.39. The summed E-state index contributed by atoms with van der Waals surface area (Å²) < 4.78 is 40.6. The van der Waals surface area contributed by atoms with Crippen LogP contribution in [0, 0.1) is 24.5 Å². The number of nitrogens with zero attached hydrogens (tertiary/aromatic N) is 2. The molecule has 3 aromatic rings. The number of rotatable bonds is 9. The molecular weight excluding hydrogens is 480 g/mol. The quantitative estimate of drug-likeness (QED) is 0.395. The van der Waals surface area contributed by atoms with Crippen molar-refractivity contribution in [3.05, 3.63) is 71.3 Å². The Bertz CT molecular complexity index is 1240. The lowest BCUT2D eigenvalue weighted by Crippen LogP contribution is -2.59. The molecule has 0 bridgehead atoms. The zero-order valence-corrected chi connectivity index (χ0v) is 21.5. The van der Waals surface area contributed by atoms with E-state index in [2.05, 4.69) is 21.0 Å². The second-order valence-corrected chi connectivity index (χ2v) is 9.29. The van der Waals surface area contributed by atoms with Crippen LogP contribution in [0.4, 0.5) is 19.4 Å². The van der Waals surface area contributed by atoms with Gasteiger partial charge in [-0.3, -0.25) is 5.32 Å². The summed E-state index contributed by atoms with van der Waals surface area (Å²) >= 11 is 0. The van der Waals surface area contributed by atoms with Crippen molar-refractivity contribution in [2.75, 3.05) is 38.7 Å². The van der Waals surface area contributed by atoms with Crippen LogP contribution in [-0.2, 0) is 4.74 Å². The van der Waals surface area contributed by atoms with Crippen molar-refractivity contribution < 1.29 is 23.0 Å². The molecule has 1 saturated heterocycles. The minimum Gasteiger partial charge on any atom is -0.477 e. The molecule has 2 aromatic carbocycles. The van der Waals surface area contributed by atoms with Gasteiger partial charge in [-0.2, -0.15) is 0 Å². The van der Waals surface area contributed by atoms with E-state index in [0.717, 1.165) is 11.8 Å². The number of methoxy groups -OCH3 is 1. The third kappa shape index (κ3) is 5.30. The first-order valence-electron chi connectivity index (χ1n) is 12.3. The Morgan fingerprint density at radius 2 is 2.00 bits per heavy atom. The van der Waals surface area contributed by atoms with Crippen molar-refractivity contribution in [3.8, 4) is 11.6 Å². The van der Waals surface area contributed by atoms with Gasteiger partial charge in [-0.25, -0.2) is 18.3 Å². The molecule has 1 aromatic heterocycles. The van der Waals surface area contributed by atoms with E-state index in [0.29, 0.717) is 49.1 Å². The van der Waals surface area contributed by atoms with Crippen LogP contribution in [0.25, 0.3) is 5.69 Å². The third-order valence-electron chi connectivity index (χ3n) is 6.97. The Hall–Kier alpha value is -3.50. The van der Waals surface area contributed by atoms with Gasteiger partial charge in [-0.1, -0.05) is 31.2 Å². The first-order chi connectivity index (χ1) is 17.8.